The van der Waals surface area contributed by atoms with Crippen molar-refractivity contribution < 1.29 is 0 Å². The Balaban J connectivity index is 2.14. The second-order valence-corrected chi connectivity index (χ2v) is 4.56. The van der Waals surface area contributed by atoms with Gasteiger partial charge in [-0.05, 0) is 48.6 Å². The highest BCUT2D eigenvalue weighted by molar-refractivity contribution is 5.86. The average molecular weight is 237 g/mol. The summed E-state index contributed by atoms with van der Waals surface area (Å²) in [7, 11) is 0. The van der Waals surface area contributed by atoms with E-state index in [0.29, 0.717) is 5.56 Å². The molecule has 5 nitrogen and oxygen atoms in total. The molecule has 5 heteroatoms. The molecular weight excluding hydrogens is 226 g/mol. The van der Waals surface area contributed by atoms with E-state index in [4.69, 9.17) is 10.8 Å². The number of nitrogens with zero attached hydrogens (tertiary/aromatic N) is 4. The number of benzene rings is 1. The van der Waals surface area contributed by atoms with Gasteiger partial charge in [-0.3, -0.25) is 0 Å². The molecule has 1 aliphatic rings. The van der Waals surface area contributed by atoms with E-state index in [9.17, 15) is 0 Å². The van der Waals surface area contributed by atoms with E-state index in [1.54, 1.807) is 0 Å². The summed E-state index contributed by atoms with van der Waals surface area (Å²) in [4.78, 5) is 6.28. The van der Waals surface area contributed by atoms with Crippen molar-refractivity contribution in [2.45, 2.75) is 25.3 Å². The molecule has 0 spiro atoms. The Morgan fingerprint density at radius 2 is 2.39 bits per heavy atom. The zero-order valence-electron chi connectivity index (χ0n) is 9.72. The van der Waals surface area contributed by atoms with Gasteiger partial charge in [-0.2, -0.15) is 5.26 Å². The van der Waals surface area contributed by atoms with Gasteiger partial charge in [0.15, 0.2) is 0 Å². The number of nitrogens with one attached hydrogen (secondary N) is 1. The second-order valence-electron chi connectivity index (χ2n) is 4.56. The fourth-order valence-electron chi connectivity index (χ4n) is 2.64. The van der Waals surface area contributed by atoms with Crippen LogP contribution in [-0.2, 0) is 12.8 Å². The number of nitriles is 1. The van der Waals surface area contributed by atoms with Gasteiger partial charge in [-0.15, -0.1) is 0 Å². The zero-order chi connectivity index (χ0) is 12.5. The maximum Gasteiger partial charge on any atom is 0.0991 e. The van der Waals surface area contributed by atoms with Crippen LogP contribution in [0.5, 0.6) is 0 Å². The van der Waals surface area contributed by atoms with Crippen molar-refractivity contribution in [2.75, 3.05) is 0 Å². The second kappa shape index (κ2) is 4.10. The molecule has 1 aliphatic carbocycles. The average Bonchev–Trinajstić information content (AvgIpc) is 2.76. The number of H-pyrrole nitrogens is 1. The first-order valence-electron chi connectivity index (χ1n) is 5.89. The van der Waals surface area contributed by atoms with Crippen LogP contribution >= 0.6 is 0 Å². The van der Waals surface area contributed by atoms with Crippen LogP contribution in [0.4, 0.5) is 0 Å². The van der Waals surface area contributed by atoms with Crippen molar-refractivity contribution in [3.05, 3.63) is 45.5 Å². The van der Waals surface area contributed by atoms with Gasteiger partial charge in [0.05, 0.1) is 11.6 Å². The predicted molar refractivity (Wildman–Crippen MR) is 68.0 cm³/mol. The highest BCUT2D eigenvalue weighted by Gasteiger charge is 2.21. The van der Waals surface area contributed by atoms with Crippen LogP contribution in [0.25, 0.3) is 21.3 Å². The van der Waals surface area contributed by atoms with E-state index in [-0.39, 0.29) is 6.04 Å². The van der Waals surface area contributed by atoms with Gasteiger partial charge in [0.2, 0.25) is 0 Å². The SMILES string of the molecule is N#Cc1ccc2[nH]c3c(c2c1)C[C@H](N=[N+]=[N-])CC3. The molecule has 1 heterocycles. The lowest BCUT2D eigenvalue weighted by molar-refractivity contribution is 0.571. The topological polar surface area (TPSA) is 88.3 Å². The molecule has 0 unspecified atom stereocenters. The van der Waals surface area contributed by atoms with Crippen molar-refractivity contribution in [3.8, 4) is 6.07 Å². The molecule has 0 radical (unpaired) electrons. The molecule has 0 bridgehead atoms. The van der Waals surface area contributed by atoms with E-state index in [2.05, 4.69) is 21.1 Å². The van der Waals surface area contributed by atoms with Gasteiger partial charge in [0, 0.05) is 27.6 Å². The number of hydrogen-bond donors (Lipinski definition) is 1. The van der Waals surface area contributed by atoms with E-state index < -0.39 is 0 Å². The molecule has 1 aromatic heterocycles. The van der Waals surface area contributed by atoms with Gasteiger partial charge in [-0.25, -0.2) is 0 Å². The summed E-state index contributed by atoms with van der Waals surface area (Å²) >= 11 is 0. The Morgan fingerprint density at radius 3 is 3.17 bits per heavy atom. The lowest BCUT2D eigenvalue weighted by Gasteiger charge is -2.17. The smallest absolute Gasteiger partial charge is 0.0991 e. The number of hydrogen-bond acceptors (Lipinski definition) is 2. The van der Waals surface area contributed by atoms with Crippen molar-refractivity contribution in [1.82, 2.24) is 4.98 Å². The fourth-order valence-corrected chi connectivity index (χ4v) is 2.64. The Kier molecular flexibility index (Phi) is 2.44. The van der Waals surface area contributed by atoms with Crippen LogP contribution in [0.15, 0.2) is 23.3 Å². The monoisotopic (exact) mass is 237 g/mol. The minimum absolute atomic E-state index is 0.0345. The summed E-state index contributed by atoms with van der Waals surface area (Å²) < 4.78 is 0. The number of azide groups is 1. The molecule has 1 aromatic carbocycles. The molecule has 0 amide bonds. The first-order chi connectivity index (χ1) is 8.81. The highest BCUT2D eigenvalue weighted by Crippen LogP contribution is 2.30. The Hall–Kier alpha value is -2.44. The lowest BCUT2D eigenvalue weighted by Crippen LogP contribution is -2.15. The largest absolute Gasteiger partial charge is 0.358 e. The molecule has 2 aromatic rings. The quantitative estimate of drug-likeness (QED) is 0.460. The van der Waals surface area contributed by atoms with Crippen LogP contribution in [0.1, 0.15) is 23.2 Å². The molecule has 1 atom stereocenters. The summed E-state index contributed by atoms with van der Waals surface area (Å²) in [5.74, 6) is 0. The molecule has 0 fully saturated rings. The summed E-state index contributed by atoms with van der Waals surface area (Å²) in [5.41, 5.74) is 12.7. The van der Waals surface area contributed by atoms with Gasteiger partial charge in [0.1, 0.15) is 0 Å². The van der Waals surface area contributed by atoms with Gasteiger partial charge in [-0.1, -0.05) is 5.11 Å². The minimum Gasteiger partial charge on any atom is -0.358 e. The molecular formula is C13H11N5. The molecule has 0 saturated heterocycles. The van der Waals surface area contributed by atoms with Crippen molar-refractivity contribution in [2.24, 2.45) is 5.11 Å². The molecule has 1 N–H and O–H groups in total. The first kappa shape index (κ1) is 10.7. The summed E-state index contributed by atoms with van der Waals surface area (Å²) in [5, 5.41) is 13.8. The highest BCUT2D eigenvalue weighted by atomic mass is 15.1. The maximum absolute atomic E-state index is 8.95. The third-order valence-corrected chi connectivity index (χ3v) is 3.51. The predicted octanol–water partition coefficient (Wildman–Crippen LogP) is 3.21. The van der Waals surface area contributed by atoms with Crippen LogP contribution in [0.2, 0.25) is 0 Å². The normalized spacial score (nSPS) is 17.8. The number of aryl methyl sites for hydroxylation is 1. The van der Waals surface area contributed by atoms with Crippen LogP contribution < -0.4 is 0 Å². The van der Waals surface area contributed by atoms with Crippen molar-refractivity contribution >= 4 is 10.9 Å². The van der Waals surface area contributed by atoms with Crippen molar-refractivity contribution in [1.29, 1.82) is 5.26 Å². The van der Waals surface area contributed by atoms with E-state index in [0.717, 1.165) is 30.2 Å². The third-order valence-electron chi connectivity index (χ3n) is 3.51. The number of fused-ring (bicyclic) bond motifs is 3. The first-order valence-corrected chi connectivity index (χ1v) is 5.89. The Morgan fingerprint density at radius 1 is 1.50 bits per heavy atom. The van der Waals surface area contributed by atoms with Crippen LogP contribution in [0.3, 0.4) is 0 Å². The molecule has 0 aliphatic heterocycles. The summed E-state index contributed by atoms with van der Waals surface area (Å²) in [6, 6.07) is 7.85. The van der Waals surface area contributed by atoms with Crippen LogP contribution in [0, 0.1) is 11.3 Å². The number of aromatic amines is 1. The molecule has 3 rings (SSSR count). The van der Waals surface area contributed by atoms with Gasteiger partial charge < -0.3 is 4.98 Å². The van der Waals surface area contributed by atoms with E-state index in [1.165, 1.54) is 11.3 Å². The van der Waals surface area contributed by atoms with Crippen molar-refractivity contribution in [3.63, 3.8) is 0 Å². The van der Waals surface area contributed by atoms with Crippen LogP contribution in [-0.4, -0.2) is 11.0 Å². The standard InChI is InChI=1S/C13H11N5/c14-7-8-1-3-12-10(5-8)11-6-9(17-18-15)2-4-13(11)16-12/h1,3,5,9,16H,2,4,6H2/t9-/m1/s1. The molecule has 18 heavy (non-hydrogen) atoms. The minimum atomic E-state index is 0.0345. The fraction of sp³-hybridized carbons (Fsp3) is 0.308. The lowest BCUT2D eigenvalue weighted by atomic mass is 9.92. The zero-order valence-corrected chi connectivity index (χ0v) is 9.72. The summed E-state index contributed by atoms with van der Waals surface area (Å²) in [6.45, 7) is 0. The number of aromatic nitrogens is 1. The number of rotatable bonds is 1. The van der Waals surface area contributed by atoms with Gasteiger partial charge in [0.25, 0.3) is 0 Å². The van der Waals surface area contributed by atoms with Gasteiger partial charge >= 0.3 is 0 Å². The summed E-state index contributed by atoms with van der Waals surface area (Å²) in [6.07, 6.45) is 2.54. The van der Waals surface area contributed by atoms with E-state index in [1.807, 2.05) is 18.2 Å². The Bertz CT molecular complexity index is 700. The molecule has 0 saturated carbocycles. The third kappa shape index (κ3) is 1.60. The maximum atomic E-state index is 8.95. The molecule has 88 valence electrons. The Labute approximate surface area is 104 Å². The van der Waals surface area contributed by atoms with E-state index >= 15 is 0 Å².